The van der Waals surface area contributed by atoms with Crippen molar-refractivity contribution in [3.05, 3.63) is 59.8 Å². The van der Waals surface area contributed by atoms with Crippen molar-refractivity contribution in [2.75, 3.05) is 5.32 Å². The SMILES string of the molecule is CC(NC(=O)c1ccc(C(C)(C)C)cc1)C(=O)C(C#N)C(=O)Nc1ccccn1. The summed E-state index contributed by atoms with van der Waals surface area (Å²) < 4.78 is 0. The third-order valence-electron chi connectivity index (χ3n) is 4.38. The van der Waals surface area contributed by atoms with Crippen LogP contribution in [0.1, 0.15) is 43.6 Å². The quantitative estimate of drug-likeness (QED) is 0.734. The number of hydrogen-bond acceptors (Lipinski definition) is 5. The second kappa shape index (κ2) is 9.11. The third kappa shape index (κ3) is 5.72. The number of carbonyl (C=O) groups is 3. The fourth-order valence-electron chi connectivity index (χ4n) is 2.61. The lowest BCUT2D eigenvalue weighted by Gasteiger charge is -2.19. The molecule has 2 rings (SSSR count). The maximum absolute atomic E-state index is 12.5. The molecule has 0 saturated heterocycles. The van der Waals surface area contributed by atoms with Gasteiger partial charge in [-0.1, -0.05) is 39.0 Å². The van der Waals surface area contributed by atoms with Gasteiger partial charge in [0.05, 0.1) is 12.1 Å². The standard InChI is InChI=1S/C22H24N4O3/c1-14(25-20(28)15-8-10-16(11-9-15)22(2,3)4)19(27)17(13-23)21(29)26-18-7-5-6-12-24-18/h5-12,14,17H,1-4H3,(H,25,28)(H,24,26,29). The Morgan fingerprint density at radius 1 is 1.07 bits per heavy atom. The van der Waals surface area contributed by atoms with Crippen molar-refractivity contribution in [2.45, 2.75) is 39.2 Å². The summed E-state index contributed by atoms with van der Waals surface area (Å²) in [5, 5.41) is 14.3. The van der Waals surface area contributed by atoms with E-state index >= 15 is 0 Å². The first-order valence-electron chi connectivity index (χ1n) is 9.20. The van der Waals surface area contributed by atoms with Gasteiger partial charge in [-0.05, 0) is 42.2 Å². The summed E-state index contributed by atoms with van der Waals surface area (Å²) in [6.07, 6.45) is 1.48. The van der Waals surface area contributed by atoms with E-state index < -0.39 is 29.6 Å². The molecule has 1 heterocycles. The van der Waals surface area contributed by atoms with E-state index in [1.54, 1.807) is 36.4 Å². The molecule has 1 aromatic heterocycles. The molecular formula is C22H24N4O3. The lowest BCUT2D eigenvalue weighted by Crippen LogP contribution is -2.44. The molecule has 7 heteroatoms. The number of Topliss-reactive ketones (excluding diaryl/α,β-unsaturated/α-hetero) is 1. The molecule has 0 spiro atoms. The highest BCUT2D eigenvalue weighted by Crippen LogP contribution is 2.22. The molecule has 0 radical (unpaired) electrons. The third-order valence-corrected chi connectivity index (χ3v) is 4.38. The van der Waals surface area contributed by atoms with Gasteiger partial charge in [0, 0.05) is 11.8 Å². The monoisotopic (exact) mass is 392 g/mol. The molecule has 7 nitrogen and oxygen atoms in total. The lowest BCUT2D eigenvalue weighted by molar-refractivity contribution is -0.129. The minimum atomic E-state index is -1.56. The number of amides is 2. The van der Waals surface area contributed by atoms with E-state index in [9.17, 15) is 19.6 Å². The van der Waals surface area contributed by atoms with Gasteiger partial charge in [-0.2, -0.15) is 5.26 Å². The van der Waals surface area contributed by atoms with Crippen LogP contribution in [0.25, 0.3) is 0 Å². The second-order valence-corrected chi connectivity index (χ2v) is 7.69. The molecule has 29 heavy (non-hydrogen) atoms. The van der Waals surface area contributed by atoms with Crippen molar-refractivity contribution in [3.63, 3.8) is 0 Å². The molecule has 2 aromatic rings. The van der Waals surface area contributed by atoms with Crippen molar-refractivity contribution in [1.82, 2.24) is 10.3 Å². The van der Waals surface area contributed by atoms with Gasteiger partial charge in [-0.15, -0.1) is 0 Å². The fraction of sp³-hybridized carbons (Fsp3) is 0.318. The number of nitrogens with zero attached hydrogens (tertiary/aromatic N) is 2. The summed E-state index contributed by atoms with van der Waals surface area (Å²) in [5.74, 6) is -3.25. The molecule has 2 atom stereocenters. The van der Waals surface area contributed by atoms with E-state index in [1.807, 2.05) is 12.1 Å². The van der Waals surface area contributed by atoms with Crippen molar-refractivity contribution < 1.29 is 14.4 Å². The van der Waals surface area contributed by atoms with Crippen molar-refractivity contribution in [2.24, 2.45) is 5.92 Å². The Balaban J connectivity index is 2.03. The van der Waals surface area contributed by atoms with Gasteiger partial charge < -0.3 is 10.6 Å². The number of carbonyl (C=O) groups excluding carboxylic acids is 3. The highest BCUT2D eigenvalue weighted by Gasteiger charge is 2.31. The predicted octanol–water partition coefficient (Wildman–Crippen LogP) is 2.84. The fourth-order valence-corrected chi connectivity index (χ4v) is 2.61. The zero-order chi connectivity index (χ0) is 21.6. The smallest absolute Gasteiger partial charge is 0.251 e. The zero-order valence-electron chi connectivity index (χ0n) is 16.9. The Bertz CT molecular complexity index is 925. The Hall–Kier alpha value is -3.53. The highest BCUT2D eigenvalue weighted by molar-refractivity contribution is 6.11. The summed E-state index contributed by atoms with van der Waals surface area (Å²) >= 11 is 0. The van der Waals surface area contributed by atoms with Crippen molar-refractivity contribution in [3.8, 4) is 6.07 Å². The molecule has 0 saturated carbocycles. The van der Waals surface area contributed by atoms with Gasteiger partial charge in [0.15, 0.2) is 11.7 Å². The largest absolute Gasteiger partial charge is 0.342 e. The first-order chi connectivity index (χ1) is 13.6. The van der Waals surface area contributed by atoms with Crippen LogP contribution in [0.5, 0.6) is 0 Å². The molecule has 0 aliphatic heterocycles. The molecule has 2 N–H and O–H groups in total. The van der Waals surface area contributed by atoms with Crippen LogP contribution in [-0.2, 0) is 15.0 Å². The number of pyridine rings is 1. The van der Waals surface area contributed by atoms with E-state index in [2.05, 4.69) is 36.4 Å². The van der Waals surface area contributed by atoms with Crippen LogP contribution in [0.4, 0.5) is 5.82 Å². The number of ketones is 1. The summed E-state index contributed by atoms with van der Waals surface area (Å²) in [4.78, 5) is 41.2. The molecule has 2 amide bonds. The maximum atomic E-state index is 12.5. The highest BCUT2D eigenvalue weighted by atomic mass is 16.2. The minimum Gasteiger partial charge on any atom is -0.342 e. The number of hydrogen-bond donors (Lipinski definition) is 2. The molecule has 0 fully saturated rings. The van der Waals surface area contributed by atoms with Crippen molar-refractivity contribution in [1.29, 1.82) is 5.26 Å². The summed E-state index contributed by atoms with van der Waals surface area (Å²) in [5.41, 5.74) is 1.43. The Morgan fingerprint density at radius 3 is 2.24 bits per heavy atom. The van der Waals surface area contributed by atoms with Crippen LogP contribution < -0.4 is 10.6 Å². The van der Waals surface area contributed by atoms with E-state index in [-0.39, 0.29) is 11.2 Å². The van der Waals surface area contributed by atoms with Crippen LogP contribution in [0.2, 0.25) is 0 Å². The number of rotatable bonds is 6. The molecule has 1 aromatic carbocycles. The van der Waals surface area contributed by atoms with Gasteiger partial charge >= 0.3 is 0 Å². The van der Waals surface area contributed by atoms with Crippen LogP contribution in [-0.4, -0.2) is 28.6 Å². The zero-order valence-corrected chi connectivity index (χ0v) is 16.9. The first kappa shape index (κ1) is 21.8. The predicted molar refractivity (Wildman–Crippen MR) is 109 cm³/mol. The topological polar surface area (TPSA) is 112 Å². The normalized spacial score (nSPS) is 12.9. The number of nitriles is 1. The van der Waals surface area contributed by atoms with E-state index in [0.29, 0.717) is 5.56 Å². The minimum absolute atomic E-state index is 0.0424. The van der Waals surface area contributed by atoms with Crippen LogP contribution in [0.15, 0.2) is 48.7 Å². The molecule has 150 valence electrons. The van der Waals surface area contributed by atoms with E-state index in [4.69, 9.17) is 0 Å². The summed E-state index contributed by atoms with van der Waals surface area (Å²) in [6.45, 7) is 7.66. The van der Waals surface area contributed by atoms with E-state index in [0.717, 1.165) is 5.56 Å². The van der Waals surface area contributed by atoms with E-state index in [1.165, 1.54) is 13.1 Å². The molecule has 2 unspecified atom stereocenters. The summed E-state index contributed by atoms with van der Waals surface area (Å²) in [6, 6.07) is 12.7. The lowest BCUT2D eigenvalue weighted by atomic mass is 9.86. The molecular weight excluding hydrogens is 368 g/mol. The average molecular weight is 392 g/mol. The van der Waals surface area contributed by atoms with Gasteiger partial charge in [-0.25, -0.2) is 4.98 Å². The molecule has 0 aliphatic rings. The van der Waals surface area contributed by atoms with Gasteiger partial charge in [-0.3, -0.25) is 14.4 Å². The molecule has 0 bridgehead atoms. The Kier molecular flexibility index (Phi) is 6.84. The number of aromatic nitrogens is 1. The number of anilines is 1. The first-order valence-corrected chi connectivity index (χ1v) is 9.20. The average Bonchev–Trinajstić information content (AvgIpc) is 2.68. The van der Waals surface area contributed by atoms with Gasteiger partial charge in [0.2, 0.25) is 0 Å². The van der Waals surface area contributed by atoms with Crippen molar-refractivity contribution >= 4 is 23.4 Å². The van der Waals surface area contributed by atoms with Crippen LogP contribution in [0, 0.1) is 17.2 Å². The Labute approximate surface area is 170 Å². The second-order valence-electron chi connectivity index (χ2n) is 7.69. The maximum Gasteiger partial charge on any atom is 0.251 e. The summed E-state index contributed by atoms with van der Waals surface area (Å²) in [7, 11) is 0. The van der Waals surface area contributed by atoms with Crippen LogP contribution >= 0.6 is 0 Å². The van der Waals surface area contributed by atoms with Gasteiger partial charge in [0.25, 0.3) is 11.8 Å². The molecule has 0 aliphatic carbocycles. The Morgan fingerprint density at radius 2 is 1.72 bits per heavy atom. The number of nitrogens with one attached hydrogen (secondary N) is 2. The van der Waals surface area contributed by atoms with Gasteiger partial charge in [0.1, 0.15) is 5.82 Å². The van der Waals surface area contributed by atoms with Crippen LogP contribution in [0.3, 0.4) is 0 Å². The number of benzene rings is 1.